The summed E-state index contributed by atoms with van der Waals surface area (Å²) in [6.45, 7) is 0.248. The first-order valence-electron chi connectivity index (χ1n) is 5.55. The fourth-order valence-electron chi connectivity index (χ4n) is 1.82. The van der Waals surface area contributed by atoms with Crippen LogP contribution in [0.5, 0.6) is 0 Å². The molecule has 0 bridgehead atoms. The van der Waals surface area contributed by atoms with Gasteiger partial charge < -0.3 is 20.1 Å². The Bertz CT molecular complexity index is 546. The van der Waals surface area contributed by atoms with Crippen molar-refractivity contribution < 1.29 is 66.8 Å². The van der Waals surface area contributed by atoms with Gasteiger partial charge in [0.1, 0.15) is 24.4 Å². The molecule has 0 unspecified atom stereocenters. The average molecular weight is 348 g/mol. The standard InChI is InChI=1S/C8H14N4O8S.Na/c1-3(14)10-5-6(15)7(20-21(16,17)18)4(2-13)19-8(5)11-12-9;/h4-8,13,15H,2H2,1H3,(H,10,14)(H,16,17,18);/q;+1/p-1/t4-,5-,6-,7+,8-;/m1./s1. The molecule has 0 spiro atoms. The van der Waals surface area contributed by atoms with Crippen LogP contribution in [-0.2, 0) is 19.3 Å². The fourth-order valence-corrected chi connectivity index (χ4v) is 2.34. The molecule has 1 aliphatic rings. The van der Waals surface area contributed by atoms with Crippen molar-refractivity contribution in [1.82, 2.24) is 0 Å². The smallest absolute Gasteiger partial charge is 0.862 e. The minimum atomic E-state index is -4.96. The van der Waals surface area contributed by atoms with Gasteiger partial charge >= 0.3 is 40.0 Å². The summed E-state index contributed by atoms with van der Waals surface area (Å²) < 4.78 is 39.4. The van der Waals surface area contributed by atoms with Gasteiger partial charge in [0.25, 0.3) is 0 Å². The molecule has 3 N–H and O–H groups in total. The summed E-state index contributed by atoms with van der Waals surface area (Å²) >= 11 is 0. The van der Waals surface area contributed by atoms with Crippen molar-refractivity contribution >= 4 is 16.3 Å². The molecule has 120 valence electrons. The number of aliphatic imine (C=N–C) groups is 1. The molecule has 1 aliphatic heterocycles. The zero-order chi connectivity index (χ0) is 16.2. The molecule has 1 saturated heterocycles. The maximum atomic E-state index is 11.0. The minimum Gasteiger partial charge on any atom is -0.862 e. The molecule has 1 rings (SSSR count). The monoisotopic (exact) mass is 348 g/mol. The van der Waals surface area contributed by atoms with Crippen LogP contribution in [0.4, 0.5) is 0 Å². The predicted molar refractivity (Wildman–Crippen MR) is 64.2 cm³/mol. The third-order valence-electron chi connectivity index (χ3n) is 2.57. The third-order valence-corrected chi connectivity index (χ3v) is 3.03. The summed E-state index contributed by atoms with van der Waals surface area (Å²) in [5, 5.41) is 33.3. The molecular weight excluding hydrogens is 335 g/mol. The van der Waals surface area contributed by atoms with Gasteiger partial charge in [0, 0.05) is 4.91 Å². The van der Waals surface area contributed by atoms with Crippen LogP contribution < -0.4 is 34.7 Å². The van der Waals surface area contributed by atoms with Crippen molar-refractivity contribution in [2.75, 3.05) is 6.61 Å². The first-order chi connectivity index (χ1) is 9.69. The number of hydrogen-bond donors (Lipinski definition) is 3. The van der Waals surface area contributed by atoms with E-state index < -0.39 is 53.5 Å². The van der Waals surface area contributed by atoms with Gasteiger partial charge in [-0.05, 0) is 18.4 Å². The zero-order valence-corrected chi connectivity index (χ0v) is 14.5. The molecule has 0 aliphatic carbocycles. The Hall–Kier alpha value is -0.470. The summed E-state index contributed by atoms with van der Waals surface area (Å²) in [6, 6.07) is -1.45. The molecule has 0 saturated carbocycles. The van der Waals surface area contributed by atoms with Crippen molar-refractivity contribution in [3.05, 3.63) is 10.4 Å². The molecule has 22 heavy (non-hydrogen) atoms. The topological polar surface area (TPSA) is 197 Å². The Kier molecular flexibility index (Phi) is 8.79. The van der Waals surface area contributed by atoms with E-state index in [1.54, 1.807) is 0 Å². The molecule has 0 amide bonds. The van der Waals surface area contributed by atoms with Gasteiger partial charge in [-0.25, -0.2) is 4.18 Å². The molecule has 5 atom stereocenters. The average Bonchev–Trinajstić information content (AvgIpc) is 2.35. The minimum absolute atomic E-state index is 0. The van der Waals surface area contributed by atoms with Gasteiger partial charge in [-0.2, -0.15) is 8.42 Å². The van der Waals surface area contributed by atoms with Crippen molar-refractivity contribution in [2.24, 2.45) is 10.1 Å². The second-order valence-electron chi connectivity index (χ2n) is 4.07. The molecule has 14 heteroatoms. The SMILES string of the molecule is CC([O-])=N[C@@H]1[C@@H](O)[C@@H](OS(=O)(=O)O)[C@@H](CO)O[C@H]1N=[N+]=[N-].[Na+]. The van der Waals surface area contributed by atoms with Crippen LogP contribution in [0.15, 0.2) is 10.1 Å². The van der Waals surface area contributed by atoms with Crippen LogP contribution in [0, 0.1) is 0 Å². The molecule has 0 aromatic heterocycles. The van der Waals surface area contributed by atoms with Crippen molar-refractivity contribution in [2.45, 2.75) is 37.5 Å². The van der Waals surface area contributed by atoms with E-state index in [9.17, 15) is 18.6 Å². The summed E-state index contributed by atoms with van der Waals surface area (Å²) in [6.07, 6.45) is -6.39. The number of hydrogen-bond acceptors (Lipinski definition) is 9. The van der Waals surface area contributed by atoms with Crippen LogP contribution in [0.25, 0.3) is 10.4 Å². The van der Waals surface area contributed by atoms with Crippen molar-refractivity contribution in [1.29, 1.82) is 0 Å². The van der Waals surface area contributed by atoms with E-state index in [1.807, 2.05) is 0 Å². The number of azide groups is 1. The molecular formula is C8H13N4NaO8S. The van der Waals surface area contributed by atoms with E-state index in [0.29, 0.717) is 0 Å². The summed E-state index contributed by atoms with van der Waals surface area (Å²) in [7, 11) is -4.96. The summed E-state index contributed by atoms with van der Waals surface area (Å²) in [5.41, 5.74) is 8.41. The molecule has 0 aromatic rings. The van der Waals surface area contributed by atoms with E-state index in [4.69, 9.17) is 19.9 Å². The van der Waals surface area contributed by atoms with Crippen LogP contribution in [-0.4, -0.2) is 66.3 Å². The molecule has 0 radical (unpaired) electrons. The molecule has 0 aromatic carbocycles. The molecule has 1 fully saturated rings. The summed E-state index contributed by atoms with van der Waals surface area (Å²) in [5.74, 6) is -0.742. The zero-order valence-electron chi connectivity index (χ0n) is 11.7. The molecule has 1 heterocycles. The van der Waals surface area contributed by atoms with Crippen LogP contribution in [0.1, 0.15) is 6.92 Å². The second-order valence-corrected chi connectivity index (χ2v) is 5.12. The van der Waals surface area contributed by atoms with Gasteiger partial charge in [-0.3, -0.25) is 9.55 Å². The Labute approximate surface area is 147 Å². The van der Waals surface area contributed by atoms with Gasteiger partial charge in [-0.15, -0.1) is 0 Å². The maximum absolute atomic E-state index is 11.0. The van der Waals surface area contributed by atoms with Crippen LogP contribution in [0.3, 0.4) is 0 Å². The number of rotatable bonds is 5. The predicted octanol–water partition coefficient (Wildman–Crippen LogP) is -5.29. The van der Waals surface area contributed by atoms with E-state index in [1.165, 1.54) is 0 Å². The quantitative estimate of drug-likeness (QED) is 0.0832. The number of aliphatic hydroxyl groups is 2. The Morgan fingerprint density at radius 1 is 1.55 bits per heavy atom. The maximum Gasteiger partial charge on any atom is 1.00 e. The third kappa shape index (κ3) is 5.96. The Morgan fingerprint density at radius 3 is 2.55 bits per heavy atom. The number of aliphatic hydroxyl groups excluding tert-OH is 2. The van der Waals surface area contributed by atoms with E-state index >= 15 is 0 Å². The van der Waals surface area contributed by atoms with E-state index in [0.717, 1.165) is 6.92 Å². The first kappa shape index (κ1) is 21.5. The van der Waals surface area contributed by atoms with Crippen molar-refractivity contribution in [3.8, 4) is 0 Å². The Balaban J connectivity index is 0.00000441. The fraction of sp³-hybridized carbons (Fsp3) is 0.875. The number of ether oxygens (including phenoxy) is 1. The van der Waals surface area contributed by atoms with E-state index in [-0.39, 0.29) is 29.6 Å². The second kappa shape index (κ2) is 8.98. The van der Waals surface area contributed by atoms with Crippen molar-refractivity contribution in [3.63, 3.8) is 0 Å². The van der Waals surface area contributed by atoms with Crippen LogP contribution >= 0.6 is 0 Å². The van der Waals surface area contributed by atoms with Gasteiger partial charge in [0.15, 0.2) is 6.23 Å². The van der Waals surface area contributed by atoms with Gasteiger partial charge in [0.2, 0.25) is 0 Å². The largest absolute Gasteiger partial charge is 1.00 e. The molecule has 12 nitrogen and oxygen atoms in total. The summed E-state index contributed by atoms with van der Waals surface area (Å²) in [4.78, 5) is 5.90. The van der Waals surface area contributed by atoms with Gasteiger partial charge in [-0.1, -0.05) is 5.11 Å². The van der Waals surface area contributed by atoms with Gasteiger partial charge in [0.05, 0.1) is 6.61 Å². The normalized spacial score (nSPS) is 32.7. The first-order valence-corrected chi connectivity index (χ1v) is 6.91. The Morgan fingerprint density at radius 2 is 2.14 bits per heavy atom. The van der Waals surface area contributed by atoms with Crippen LogP contribution in [0.2, 0.25) is 0 Å². The van der Waals surface area contributed by atoms with E-state index in [2.05, 4.69) is 19.2 Å². The number of nitrogens with zero attached hydrogens (tertiary/aromatic N) is 4.